The Labute approximate surface area is 125 Å². The van der Waals surface area contributed by atoms with Crippen LogP contribution >= 0.6 is 0 Å². The van der Waals surface area contributed by atoms with E-state index in [1.807, 2.05) is 12.1 Å². The van der Waals surface area contributed by atoms with E-state index in [-0.39, 0.29) is 0 Å². The molecule has 5 heteroatoms. The number of benzene rings is 1. The summed E-state index contributed by atoms with van der Waals surface area (Å²) in [5.74, 6) is 0.671. The molecular weight excluding hydrogens is 266 g/mol. The van der Waals surface area contributed by atoms with Gasteiger partial charge in [0.1, 0.15) is 5.75 Å². The van der Waals surface area contributed by atoms with E-state index in [2.05, 4.69) is 23.7 Å². The third kappa shape index (κ3) is 3.25. The zero-order valence-electron chi connectivity index (χ0n) is 12.8. The number of aliphatic hydroxyl groups excluding tert-OH is 1. The lowest BCUT2D eigenvalue weighted by Gasteiger charge is -2.23. The number of hydrogen-bond acceptors (Lipinski definition) is 5. The van der Waals surface area contributed by atoms with Crippen molar-refractivity contribution in [3.63, 3.8) is 0 Å². The number of nitrogens with two attached hydrogens (primary N) is 1. The van der Waals surface area contributed by atoms with Gasteiger partial charge in [-0.3, -0.25) is 4.98 Å². The van der Waals surface area contributed by atoms with Gasteiger partial charge in [0.05, 0.1) is 24.4 Å². The maximum Gasteiger partial charge on any atom is 0.121 e. The number of anilines is 1. The van der Waals surface area contributed by atoms with Gasteiger partial charge in [-0.1, -0.05) is 13.8 Å². The number of hydrogen-bond donors (Lipinski definition) is 2. The van der Waals surface area contributed by atoms with Crippen molar-refractivity contribution >= 4 is 16.6 Å². The van der Waals surface area contributed by atoms with E-state index in [1.165, 1.54) is 0 Å². The molecule has 0 saturated heterocycles. The molecule has 0 fully saturated rings. The van der Waals surface area contributed by atoms with Gasteiger partial charge in [0.25, 0.3) is 0 Å². The topological polar surface area (TPSA) is 71.6 Å². The number of methoxy groups -OCH3 is 1. The SMILES string of the molecule is CCN(CC)CC(O)c1ccnc2c(N)cc(OC)cc12. The first kappa shape index (κ1) is 15.5. The van der Waals surface area contributed by atoms with Crippen molar-refractivity contribution in [3.05, 3.63) is 30.0 Å². The lowest BCUT2D eigenvalue weighted by molar-refractivity contribution is 0.120. The summed E-state index contributed by atoms with van der Waals surface area (Å²) in [6.07, 6.45) is 1.10. The van der Waals surface area contributed by atoms with Gasteiger partial charge in [-0.15, -0.1) is 0 Å². The Bertz CT molecular complexity index is 612. The van der Waals surface area contributed by atoms with Crippen LogP contribution in [0.1, 0.15) is 25.5 Å². The predicted octanol–water partition coefficient (Wildman–Crippen LogP) is 2.20. The van der Waals surface area contributed by atoms with Crippen LogP contribution in [0.3, 0.4) is 0 Å². The van der Waals surface area contributed by atoms with E-state index in [9.17, 15) is 5.11 Å². The normalized spacial score (nSPS) is 12.8. The Hall–Kier alpha value is -1.85. The summed E-state index contributed by atoms with van der Waals surface area (Å²) in [6, 6.07) is 5.46. The van der Waals surface area contributed by atoms with Gasteiger partial charge >= 0.3 is 0 Å². The van der Waals surface area contributed by atoms with Gasteiger partial charge < -0.3 is 20.5 Å². The van der Waals surface area contributed by atoms with Crippen molar-refractivity contribution in [1.29, 1.82) is 0 Å². The quantitative estimate of drug-likeness (QED) is 0.798. The smallest absolute Gasteiger partial charge is 0.121 e. The molecule has 3 N–H and O–H groups in total. The van der Waals surface area contributed by atoms with Gasteiger partial charge in [-0.25, -0.2) is 0 Å². The van der Waals surface area contributed by atoms with Crippen LogP contribution < -0.4 is 10.5 Å². The Morgan fingerprint density at radius 3 is 2.67 bits per heavy atom. The zero-order chi connectivity index (χ0) is 15.4. The average Bonchev–Trinajstić information content (AvgIpc) is 2.51. The molecule has 1 aromatic heterocycles. The third-order valence-corrected chi connectivity index (χ3v) is 3.80. The van der Waals surface area contributed by atoms with Crippen LogP contribution in [0.2, 0.25) is 0 Å². The molecule has 0 aliphatic carbocycles. The number of nitrogens with zero attached hydrogens (tertiary/aromatic N) is 2. The van der Waals surface area contributed by atoms with E-state index in [0.717, 1.165) is 24.0 Å². The maximum atomic E-state index is 10.6. The molecule has 0 radical (unpaired) electrons. The van der Waals surface area contributed by atoms with E-state index in [0.29, 0.717) is 23.5 Å². The number of pyridine rings is 1. The predicted molar refractivity (Wildman–Crippen MR) is 85.5 cm³/mol. The molecule has 5 nitrogen and oxygen atoms in total. The molecule has 2 rings (SSSR count). The highest BCUT2D eigenvalue weighted by Gasteiger charge is 2.16. The van der Waals surface area contributed by atoms with Crippen molar-refractivity contribution in [1.82, 2.24) is 9.88 Å². The molecule has 0 aliphatic heterocycles. The monoisotopic (exact) mass is 289 g/mol. The van der Waals surface area contributed by atoms with Crippen LogP contribution in [0.5, 0.6) is 5.75 Å². The first-order valence-corrected chi connectivity index (χ1v) is 7.23. The fourth-order valence-corrected chi connectivity index (χ4v) is 2.51. The lowest BCUT2D eigenvalue weighted by Crippen LogP contribution is -2.28. The highest BCUT2D eigenvalue weighted by atomic mass is 16.5. The average molecular weight is 289 g/mol. The van der Waals surface area contributed by atoms with Gasteiger partial charge in [-0.05, 0) is 30.8 Å². The van der Waals surface area contributed by atoms with Gasteiger partial charge in [0.2, 0.25) is 0 Å². The second-order valence-corrected chi connectivity index (χ2v) is 5.01. The summed E-state index contributed by atoms with van der Waals surface area (Å²) in [7, 11) is 1.60. The molecule has 1 unspecified atom stereocenters. The highest BCUT2D eigenvalue weighted by molar-refractivity contribution is 5.93. The van der Waals surface area contributed by atoms with E-state index in [1.54, 1.807) is 19.4 Å². The Kier molecular flexibility index (Phi) is 4.98. The van der Waals surface area contributed by atoms with Gasteiger partial charge in [-0.2, -0.15) is 0 Å². The molecule has 1 aromatic carbocycles. The second kappa shape index (κ2) is 6.74. The number of aromatic nitrogens is 1. The van der Waals surface area contributed by atoms with Crippen molar-refractivity contribution in [2.45, 2.75) is 20.0 Å². The summed E-state index contributed by atoms with van der Waals surface area (Å²) in [5.41, 5.74) is 8.11. The standard InChI is InChI=1S/C16H23N3O2/c1-4-19(5-2)10-15(20)12-6-7-18-16-13(12)8-11(21-3)9-14(16)17/h6-9,15,20H,4-5,10,17H2,1-3H3. The van der Waals surface area contributed by atoms with Crippen LogP contribution in [0.15, 0.2) is 24.4 Å². The Balaban J connectivity index is 2.45. The number of fused-ring (bicyclic) bond motifs is 1. The van der Waals surface area contributed by atoms with Gasteiger partial charge in [0, 0.05) is 24.2 Å². The number of nitrogen functional groups attached to an aromatic ring is 1. The zero-order valence-corrected chi connectivity index (χ0v) is 12.8. The molecule has 21 heavy (non-hydrogen) atoms. The maximum absolute atomic E-state index is 10.6. The minimum Gasteiger partial charge on any atom is -0.497 e. The lowest BCUT2D eigenvalue weighted by atomic mass is 10.0. The van der Waals surface area contributed by atoms with Crippen LogP contribution in [0.4, 0.5) is 5.69 Å². The second-order valence-electron chi connectivity index (χ2n) is 5.01. The van der Waals surface area contributed by atoms with Crippen LogP contribution in [-0.2, 0) is 0 Å². The highest BCUT2D eigenvalue weighted by Crippen LogP contribution is 2.31. The van der Waals surface area contributed by atoms with E-state index in [4.69, 9.17) is 10.5 Å². The molecule has 0 aliphatic rings. The molecule has 2 aromatic rings. The summed E-state index contributed by atoms with van der Waals surface area (Å²) in [5, 5.41) is 11.4. The van der Waals surface area contributed by atoms with Gasteiger partial charge in [0.15, 0.2) is 0 Å². The molecular formula is C16H23N3O2. The molecule has 114 valence electrons. The fourth-order valence-electron chi connectivity index (χ4n) is 2.51. The Morgan fingerprint density at radius 1 is 1.33 bits per heavy atom. The number of likely N-dealkylation sites (N-methyl/N-ethyl adjacent to an activating group) is 1. The molecule has 0 saturated carbocycles. The van der Waals surface area contributed by atoms with Crippen molar-refractivity contribution < 1.29 is 9.84 Å². The third-order valence-electron chi connectivity index (χ3n) is 3.80. The largest absolute Gasteiger partial charge is 0.497 e. The van der Waals surface area contributed by atoms with Crippen molar-refractivity contribution in [2.24, 2.45) is 0 Å². The van der Waals surface area contributed by atoms with Crippen molar-refractivity contribution in [3.8, 4) is 5.75 Å². The number of rotatable bonds is 6. The number of ether oxygens (including phenoxy) is 1. The first-order chi connectivity index (χ1) is 10.1. The van der Waals surface area contributed by atoms with E-state index >= 15 is 0 Å². The Morgan fingerprint density at radius 2 is 2.05 bits per heavy atom. The molecule has 0 bridgehead atoms. The fraction of sp³-hybridized carbons (Fsp3) is 0.438. The minimum absolute atomic E-state index is 0.557. The molecule has 1 atom stereocenters. The van der Waals surface area contributed by atoms with E-state index < -0.39 is 6.10 Å². The molecule has 1 heterocycles. The van der Waals surface area contributed by atoms with Crippen LogP contribution in [0.25, 0.3) is 10.9 Å². The summed E-state index contributed by atoms with van der Waals surface area (Å²) >= 11 is 0. The van der Waals surface area contributed by atoms with Crippen LogP contribution in [0, 0.1) is 0 Å². The summed E-state index contributed by atoms with van der Waals surface area (Å²) in [4.78, 5) is 6.49. The summed E-state index contributed by atoms with van der Waals surface area (Å²) < 4.78 is 5.26. The van der Waals surface area contributed by atoms with Crippen molar-refractivity contribution in [2.75, 3.05) is 32.5 Å². The summed E-state index contributed by atoms with van der Waals surface area (Å²) in [6.45, 7) is 6.57. The van der Waals surface area contributed by atoms with Crippen LogP contribution in [-0.4, -0.2) is 41.7 Å². The first-order valence-electron chi connectivity index (χ1n) is 7.23. The number of aliphatic hydroxyl groups is 1. The molecule has 0 amide bonds. The molecule has 0 spiro atoms. The minimum atomic E-state index is -0.582.